The molecule has 0 spiro atoms. The predicted octanol–water partition coefficient (Wildman–Crippen LogP) is 3.28. The number of aryl methyl sites for hydroxylation is 2. The van der Waals surface area contributed by atoms with Gasteiger partial charge in [0.05, 0.1) is 0 Å². The predicted molar refractivity (Wildman–Crippen MR) is 100 cm³/mol. The van der Waals surface area contributed by atoms with Gasteiger partial charge in [0.25, 0.3) is 0 Å². The van der Waals surface area contributed by atoms with Gasteiger partial charge in [0, 0.05) is 39.0 Å². The third kappa shape index (κ3) is 4.18. The van der Waals surface area contributed by atoms with Gasteiger partial charge in [0.15, 0.2) is 0 Å². The molecule has 25 heavy (non-hydrogen) atoms. The van der Waals surface area contributed by atoms with Crippen molar-refractivity contribution in [3.8, 4) is 0 Å². The first-order valence-corrected chi connectivity index (χ1v) is 9.71. The highest BCUT2D eigenvalue weighted by Crippen LogP contribution is 2.20. The zero-order valence-electron chi connectivity index (χ0n) is 15.0. The smallest absolute Gasteiger partial charge is 0.134 e. The molecule has 2 aromatic rings. The van der Waals surface area contributed by atoms with Crippen molar-refractivity contribution in [2.75, 3.05) is 19.6 Å². The van der Waals surface area contributed by atoms with Gasteiger partial charge in [-0.25, -0.2) is 0 Å². The fourth-order valence-electron chi connectivity index (χ4n) is 4.08. The van der Waals surface area contributed by atoms with Gasteiger partial charge in [-0.1, -0.05) is 42.5 Å². The molecule has 2 heterocycles. The molecule has 4 nitrogen and oxygen atoms in total. The van der Waals surface area contributed by atoms with E-state index in [0.29, 0.717) is 0 Å². The van der Waals surface area contributed by atoms with Crippen LogP contribution in [-0.4, -0.2) is 39.3 Å². The Hall–Kier alpha value is -1.94. The van der Waals surface area contributed by atoms with E-state index in [4.69, 9.17) is 0 Å². The standard InChI is InChI=1S/C21H28N4/c1-3-7-18(8-4-1)11-12-20-22-23-21-13-14-24(15-16-25(20)21)17-19-9-5-2-6-10-19/h1-5,7-8,19H,6,9-17H2/t19-/m1/s1. The van der Waals surface area contributed by atoms with Crippen molar-refractivity contribution in [3.05, 3.63) is 59.7 Å². The second-order valence-corrected chi connectivity index (χ2v) is 7.37. The number of hydrogen-bond acceptors (Lipinski definition) is 3. The summed E-state index contributed by atoms with van der Waals surface area (Å²) in [6.45, 7) is 4.53. The van der Waals surface area contributed by atoms with Gasteiger partial charge >= 0.3 is 0 Å². The molecule has 1 aliphatic carbocycles. The van der Waals surface area contributed by atoms with E-state index in [9.17, 15) is 0 Å². The summed E-state index contributed by atoms with van der Waals surface area (Å²) >= 11 is 0. The van der Waals surface area contributed by atoms with Crippen molar-refractivity contribution in [2.24, 2.45) is 5.92 Å². The highest BCUT2D eigenvalue weighted by Gasteiger charge is 2.21. The first kappa shape index (κ1) is 16.5. The summed E-state index contributed by atoms with van der Waals surface area (Å²) in [6, 6.07) is 10.7. The van der Waals surface area contributed by atoms with Crippen molar-refractivity contribution < 1.29 is 0 Å². The molecule has 1 atom stereocenters. The number of hydrogen-bond donors (Lipinski definition) is 0. The maximum Gasteiger partial charge on any atom is 0.134 e. The van der Waals surface area contributed by atoms with Gasteiger partial charge in [0.2, 0.25) is 0 Å². The van der Waals surface area contributed by atoms with E-state index in [0.717, 1.165) is 50.6 Å². The minimum Gasteiger partial charge on any atom is -0.314 e. The number of aromatic nitrogens is 3. The number of allylic oxidation sites excluding steroid dienone is 2. The second kappa shape index (κ2) is 7.96. The Morgan fingerprint density at radius 3 is 2.72 bits per heavy atom. The molecule has 0 amide bonds. The molecule has 0 unspecified atom stereocenters. The van der Waals surface area contributed by atoms with Crippen LogP contribution < -0.4 is 0 Å². The lowest BCUT2D eigenvalue weighted by Gasteiger charge is -2.26. The Kier molecular flexibility index (Phi) is 5.26. The largest absolute Gasteiger partial charge is 0.314 e. The van der Waals surface area contributed by atoms with Gasteiger partial charge in [-0.05, 0) is 37.2 Å². The molecule has 1 aromatic heterocycles. The van der Waals surface area contributed by atoms with Crippen LogP contribution in [-0.2, 0) is 25.8 Å². The van der Waals surface area contributed by atoms with Crippen molar-refractivity contribution in [1.29, 1.82) is 0 Å². The summed E-state index contributed by atoms with van der Waals surface area (Å²) in [4.78, 5) is 2.64. The summed E-state index contributed by atoms with van der Waals surface area (Å²) in [5, 5.41) is 8.97. The van der Waals surface area contributed by atoms with Crippen LogP contribution in [0.1, 0.15) is 36.5 Å². The number of benzene rings is 1. The van der Waals surface area contributed by atoms with E-state index in [1.165, 1.54) is 37.2 Å². The molecule has 0 N–H and O–H groups in total. The molecule has 0 saturated heterocycles. The van der Waals surface area contributed by atoms with Gasteiger partial charge in [-0.3, -0.25) is 0 Å². The highest BCUT2D eigenvalue weighted by molar-refractivity contribution is 5.15. The van der Waals surface area contributed by atoms with E-state index >= 15 is 0 Å². The maximum absolute atomic E-state index is 4.49. The van der Waals surface area contributed by atoms with Crippen LogP contribution in [0.25, 0.3) is 0 Å². The van der Waals surface area contributed by atoms with Crippen LogP contribution in [0.3, 0.4) is 0 Å². The highest BCUT2D eigenvalue weighted by atomic mass is 15.3. The number of fused-ring (bicyclic) bond motifs is 1. The summed E-state index contributed by atoms with van der Waals surface area (Å²) in [5.41, 5.74) is 1.38. The molecule has 1 aromatic carbocycles. The fraction of sp³-hybridized carbons (Fsp3) is 0.524. The number of nitrogens with zero attached hydrogens (tertiary/aromatic N) is 4. The lowest BCUT2D eigenvalue weighted by atomic mass is 9.94. The molecule has 0 fully saturated rings. The number of rotatable bonds is 5. The molecule has 2 aliphatic rings. The molecule has 132 valence electrons. The van der Waals surface area contributed by atoms with E-state index in [1.807, 2.05) is 0 Å². The molecule has 1 aliphatic heterocycles. The van der Waals surface area contributed by atoms with Crippen LogP contribution in [0.4, 0.5) is 0 Å². The molecule has 0 radical (unpaired) electrons. The van der Waals surface area contributed by atoms with Crippen LogP contribution in [0.2, 0.25) is 0 Å². The van der Waals surface area contributed by atoms with Crippen molar-refractivity contribution in [2.45, 2.75) is 45.1 Å². The monoisotopic (exact) mass is 336 g/mol. The van der Waals surface area contributed by atoms with Crippen LogP contribution in [0, 0.1) is 5.92 Å². The Morgan fingerprint density at radius 1 is 0.960 bits per heavy atom. The second-order valence-electron chi connectivity index (χ2n) is 7.37. The fourth-order valence-corrected chi connectivity index (χ4v) is 4.08. The molecule has 0 saturated carbocycles. The molecule has 4 rings (SSSR count). The quantitative estimate of drug-likeness (QED) is 0.786. The maximum atomic E-state index is 4.49. The van der Waals surface area contributed by atoms with E-state index in [1.54, 1.807) is 0 Å². The first-order chi connectivity index (χ1) is 12.4. The third-order valence-electron chi connectivity index (χ3n) is 5.57. The minimum absolute atomic E-state index is 0.839. The van der Waals surface area contributed by atoms with Crippen molar-refractivity contribution in [1.82, 2.24) is 19.7 Å². The third-order valence-corrected chi connectivity index (χ3v) is 5.57. The topological polar surface area (TPSA) is 34.0 Å². The SMILES string of the molecule is C1=CC[C@@H](CN2CCc3nnc(CCc4ccccc4)n3CC2)CC1. The van der Waals surface area contributed by atoms with Crippen LogP contribution in [0.15, 0.2) is 42.5 Å². The minimum atomic E-state index is 0.839. The Balaban J connectivity index is 1.35. The van der Waals surface area contributed by atoms with E-state index < -0.39 is 0 Å². The first-order valence-electron chi connectivity index (χ1n) is 9.71. The van der Waals surface area contributed by atoms with Crippen LogP contribution >= 0.6 is 0 Å². The van der Waals surface area contributed by atoms with Gasteiger partial charge in [-0.15, -0.1) is 10.2 Å². The summed E-state index contributed by atoms with van der Waals surface area (Å²) in [6.07, 6.45) is 11.6. The van der Waals surface area contributed by atoms with E-state index in [2.05, 4.69) is 62.1 Å². The summed E-state index contributed by atoms with van der Waals surface area (Å²) in [7, 11) is 0. The Bertz CT molecular complexity index is 704. The molecule has 4 heteroatoms. The van der Waals surface area contributed by atoms with Crippen molar-refractivity contribution >= 4 is 0 Å². The van der Waals surface area contributed by atoms with Gasteiger partial charge in [-0.2, -0.15) is 0 Å². The van der Waals surface area contributed by atoms with Gasteiger partial charge in [0.1, 0.15) is 11.6 Å². The van der Waals surface area contributed by atoms with Gasteiger partial charge < -0.3 is 9.47 Å². The Morgan fingerprint density at radius 2 is 1.88 bits per heavy atom. The van der Waals surface area contributed by atoms with Crippen LogP contribution in [0.5, 0.6) is 0 Å². The average molecular weight is 336 g/mol. The summed E-state index contributed by atoms with van der Waals surface area (Å²) in [5.74, 6) is 3.17. The normalized spacial score (nSPS) is 21.0. The average Bonchev–Trinajstić information content (AvgIpc) is 2.95. The molecular weight excluding hydrogens is 308 g/mol. The lowest BCUT2D eigenvalue weighted by Crippen LogP contribution is -2.32. The summed E-state index contributed by atoms with van der Waals surface area (Å²) < 4.78 is 2.38. The lowest BCUT2D eigenvalue weighted by molar-refractivity contribution is 0.226. The zero-order chi connectivity index (χ0) is 16.9. The van der Waals surface area contributed by atoms with E-state index in [-0.39, 0.29) is 0 Å². The molecule has 0 bridgehead atoms. The molecular formula is C21H28N4. The Labute approximate surface area is 150 Å². The zero-order valence-corrected chi connectivity index (χ0v) is 15.0. The van der Waals surface area contributed by atoms with Crippen molar-refractivity contribution in [3.63, 3.8) is 0 Å².